The molecule has 14 heteroatoms. The summed E-state index contributed by atoms with van der Waals surface area (Å²) in [6.07, 6.45) is 0.661. The number of anilines is 2. The minimum Gasteiger partial charge on any atom is -0.369 e. The number of aromatic amines is 1. The predicted octanol–water partition coefficient (Wildman–Crippen LogP) is 3.42. The number of benzene rings is 2. The zero-order valence-corrected chi connectivity index (χ0v) is 26.2. The van der Waals surface area contributed by atoms with Gasteiger partial charge in [0.15, 0.2) is 5.78 Å². The quantitative estimate of drug-likeness (QED) is 0.358. The molecule has 240 valence electrons. The number of rotatable bonds is 8. The van der Waals surface area contributed by atoms with Crippen LogP contribution in [0.5, 0.6) is 0 Å². The summed E-state index contributed by atoms with van der Waals surface area (Å²) in [5.74, 6) is -2.62. The van der Waals surface area contributed by atoms with Crippen LogP contribution in [0.4, 0.5) is 20.2 Å². The SMILES string of the molecule is CN1CCN(c2ccc(C(=O)Cc3[nH]nc4c3CN(S(=O)(=O)c3cc(F)cc(F)c3)C4(C)C)c(NC(=O)[C@@H]3CCCO3)c2)CC1. The first-order valence-electron chi connectivity index (χ1n) is 14.9. The van der Waals surface area contributed by atoms with Crippen LogP contribution in [0, 0.1) is 11.6 Å². The van der Waals surface area contributed by atoms with Gasteiger partial charge in [-0.1, -0.05) is 0 Å². The fourth-order valence-corrected chi connectivity index (χ4v) is 8.03. The fourth-order valence-electron chi connectivity index (χ4n) is 6.27. The van der Waals surface area contributed by atoms with Crippen molar-refractivity contribution in [3.63, 3.8) is 0 Å². The molecule has 1 amide bonds. The Balaban J connectivity index is 1.27. The lowest BCUT2D eigenvalue weighted by atomic mass is 9.98. The van der Waals surface area contributed by atoms with Gasteiger partial charge >= 0.3 is 0 Å². The Hall–Kier alpha value is -3.72. The molecule has 45 heavy (non-hydrogen) atoms. The molecule has 2 fully saturated rings. The molecule has 2 N–H and O–H groups in total. The summed E-state index contributed by atoms with van der Waals surface area (Å²) >= 11 is 0. The third-order valence-electron chi connectivity index (χ3n) is 8.87. The van der Waals surface area contributed by atoms with Gasteiger partial charge in [-0.3, -0.25) is 14.7 Å². The van der Waals surface area contributed by atoms with Crippen LogP contribution in [-0.2, 0) is 38.1 Å². The van der Waals surface area contributed by atoms with Gasteiger partial charge in [0.05, 0.1) is 28.2 Å². The number of nitrogens with zero attached hydrogens (tertiary/aromatic N) is 4. The first-order valence-corrected chi connectivity index (χ1v) is 16.4. The molecule has 3 aromatic rings. The van der Waals surface area contributed by atoms with Gasteiger partial charge in [0, 0.05) is 67.9 Å². The second-order valence-electron chi connectivity index (χ2n) is 12.3. The maximum absolute atomic E-state index is 13.9. The molecule has 3 aliphatic rings. The number of piperazine rings is 1. The summed E-state index contributed by atoms with van der Waals surface area (Å²) in [6.45, 7) is 7.05. The molecule has 0 bridgehead atoms. The zero-order chi connectivity index (χ0) is 32.1. The number of likely N-dealkylation sites (N-methyl/N-ethyl adjacent to an activating group) is 1. The maximum Gasteiger partial charge on any atom is 0.253 e. The average molecular weight is 643 g/mol. The highest BCUT2D eigenvalue weighted by atomic mass is 32.2. The van der Waals surface area contributed by atoms with Crippen LogP contribution in [0.25, 0.3) is 0 Å². The van der Waals surface area contributed by atoms with Crippen LogP contribution in [0.2, 0.25) is 0 Å². The number of halogens is 2. The minimum absolute atomic E-state index is 0.141. The van der Waals surface area contributed by atoms with Gasteiger partial charge in [0.25, 0.3) is 5.91 Å². The Morgan fingerprint density at radius 3 is 2.47 bits per heavy atom. The number of amides is 1. The third kappa shape index (κ3) is 5.99. The summed E-state index contributed by atoms with van der Waals surface area (Å²) in [7, 11) is -2.26. The lowest BCUT2D eigenvalue weighted by molar-refractivity contribution is -0.124. The second-order valence-corrected chi connectivity index (χ2v) is 14.2. The van der Waals surface area contributed by atoms with E-state index in [1.54, 1.807) is 19.9 Å². The summed E-state index contributed by atoms with van der Waals surface area (Å²) in [5.41, 5.74) is 1.77. The minimum atomic E-state index is -4.33. The highest BCUT2D eigenvalue weighted by Gasteiger charge is 2.48. The van der Waals surface area contributed by atoms with E-state index in [9.17, 15) is 26.8 Å². The van der Waals surface area contributed by atoms with Crippen LogP contribution in [0.15, 0.2) is 41.3 Å². The van der Waals surface area contributed by atoms with Crippen molar-refractivity contribution >= 4 is 33.1 Å². The molecule has 1 aromatic heterocycles. The average Bonchev–Trinajstić information content (AvgIpc) is 3.72. The van der Waals surface area contributed by atoms with Crippen molar-refractivity contribution in [1.82, 2.24) is 19.4 Å². The molecular weight excluding hydrogens is 606 g/mol. The highest BCUT2D eigenvalue weighted by Crippen LogP contribution is 2.43. The third-order valence-corrected chi connectivity index (χ3v) is 10.9. The standard InChI is InChI=1S/C31H36F2N6O5S/c1-31(2)29-24(18-39(31)45(42,43)22-14-19(32)13-20(33)15-22)26(35-36-29)17-27(40)23-7-6-21(38-10-8-37(3)9-11-38)16-25(23)34-30(41)28-5-4-12-44-28/h6-7,13-16,28H,4-5,8-12,17-18H2,1-3H3,(H,34,41)(H,35,36)/t28-/m0/s1. The van der Waals surface area contributed by atoms with Crippen molar-refractivity contribution in [3.05, 3.63) is 70.5 Å². The Labute approximate surface area is 260 Å². The topological polar surface area (TPSA) is 128 Å². The number of fused-ring (bicyclic) bond motifs is 1. The lowest BCUT2D eigenvalue weighted by Crippen LogP contribution is -2.44. The molecule has 0 unspecified atom stereocenters. The summed E-state index contributed by atoms with van der Waals surface area (Å²) < 4.78 is 61.7. The molecule has 0 radical (unpaired) electrons. The number of hydrogen-bond donors (Lipinski definition) is 2. The van der Waals surface area contributed by atoms with Crippen molar-refractivity contribution in [2.75, 3.05) is 50.1 Å². The number of Topliss-reactive ketones (excluding diaryl/α,β-unsaturated/α-hetero) is 1. The van der Waals surface area contributed by atoms with Crippen molar-refractivity contribution in [2.45, 2.75) is 56.2 Å². The van der Waals surface area contributed by atoms with Crippen LogP contribution < -0.4 is 10.2 Å². The van der Waals surface area contributed by atoms with E-state index in [1.165, 1.54) is 0 Å². The smallest absolute Gasteiger partial charge is 0.253 e. The van der Waals surface area contributed by atoms with Crippen molar-refractivity contribution < 1.29 is 31.5 Å². The van der Waals surface area contributed by atoms with Gasteiger partial charge in [-0.25, -0.2) is 17.2 Å². The molecule has 2 aromatic carbocycles. The zero-order valence-electron chi connectivity index (χ0n) is 25.4. The van der Waals surface area contributed by atoms with Gasteiger partial charge in [0.1, 0.15) is 17.7 Å². The molecule has 4 heterocycles. The molecular formula is C31H36F2N6O5S. The molecule has 2 saturated heterocycles. The summed E-state index contributed by atoms with van der Waals surface area (Å²) in [5, 5.41) is 10.2. The largest absolute Gasteiger partial charge is 0.369 e. The Morgan fingerprint density at radius 1 is 1.09 bits per heavy atom. The van der Waals surface area contributed by atoms with Gasteiger partial charge in [0.2, 0.25) is 10.0 Å². The molecule has 0 spiro atoms. The number of H-pyrrole nitrogens is 1. The first-order chi connectivity index (χ1) is 21.3. The van der Waals surface area contributed by atoms with Crippen LogP contribution in [0.1, 0.15) is 54.0 Å². The molecule has 11 nitrogen and oxygen atoms in total. The number of carbonyl (C=O) groups is 2. The molecule has 6 rings (SSSR count). The Morgan fingerprint density at radius 2 is 1.80 bits per heavy atom. The van der Waals surface area contributed by atoms with Gasteiger partial charge in [-0.15, -0.1) is 0 Å². The number of ether oxygens (including phenoxy) is 1. The van der Waals surface area contributed by atoms with E-state index in [1.807, 2.05) is 12.1 Å². The van der Waals surface area contributed by atoms with E-state index in [0.29, 0.717) is 47.3 Å². The number of aromatic nitrogens is 2. The molecule has 0 saturated carbocycles. The lowest BCUT2D eigenvalue weighted by Gasteiger charge is -2.34. The molecule has 0 aliphatic carbocycles. The van der Waals surface area contributed by atoms with Crippen LogP contribution in [0.3, 0.4) is 0 Å². The van der Waals surface area contributed by atoms with Crippen molar-refractivity contribution in [3.8, 4) is 0 Å². The summed E-state index contributed by atoms with van der Waals surface area (Å²) in [6, 6.07) is 7.56. The molecule has 3 aliphatic heterocycles. The maximum atomic E-state index is 13.9. The van der Waals surface area contributed by atoms with E-state index >= 15 is 0 Å². The predicted molar refractivity (Wildman–Crippen MR) is 162 cm³/mol. The van der Waals surface area contributed by atoms with Crippen LogP contribution >= 0.6 is 0 Å². The van der Waals surface area contributed by atoms with Crippen LogP contribution in [-0.4, -0.2) is 85.4 Å². The van der Waals surface area contributed by atoms with E-state index in [0.717, 1.165) is 54.7 Å². The van der Waals surface area contributed by atoms with E-state index < -0.39 is 38.2 Å². The number of nitrogens with one attached hydrogen (secondary N) is 2. The number of ketones is 1. The Bertz CT molecular complexity index is 1730. The number of carbonyl (C=O) groups excluding carboxylic acids is 2. The van der Waals surface area contributed by atoms with Gasteiger partial charge in [-0.05, 0) is 64.1 Å². The first kappa shape index (κ1) is 31.3. The Kier molecular flexibility index (Phi) is 8.27. The fraction of sp³-hybridized carbons (Fsp3) is 0.452. The van der Waals surface area contributed by atoms with Gasteiger partial charge in [-0.2, -0.15) is 9.40 Å². The monoisotopic (exact) mass is 642 g/mol. The second kappa shape index (κ2) is 11.9. The number of hydrogen-bond acceptors (Lipinski definition) is 8. The van der Waals surface area contributed by atoms with Crippen molar-refractivity contribution in [1.29, 1.82) is 0 Å². The van der Waals surface area contributed by atoms with E-state index in [-0.39, 0.29) is 24.7 Å². The highest BCUT2D eigenvalue weighted by molar-refractivity contribution is 7.89. The van der Waals surface area contributed by atoms with E-state index in [2.05, 4.69) is 32.4 Å². The summed E-state index contributed by atoms with van der Waals surface area (Å²) in [4.78, 5) is 30.8. The number of sulfonamides is 1. The normalized spacial score (nSPS) is 20.4. The van der Waals surface area contributed by atoms with Gasteiger partial charge < -0.3 is 19.9 Å². The van der Waals surface area contributed by atoms with E-state index in [4.69, 9.17) is 4.74 Å². The van der Waals surface area contributed by atoms with Crippen molar-refractivity contribution in [2.24, 2.45) is 0 Å². The molecule has 1 atom stereocenters.